The minimum Gasteiger partial charge on any atom is -0.497 e. The third-order valence-corrected chi connectivity index (χ3v) is 3.46. The highest BCUT2D eigenvalue weighted by atomic mass is 16.5. The molecule has 1 aliphatic heterocycles. The van der Waals surface area contributed by atoms with E-state index in [0.717, 1.165) is 4.90 Å². The second-order valence-electron chi connectivity index (χ2n) is 4.80. The van der Waals surface area contributed by atoms with Gasteiger partial charge in [0.1, 0.15) is 5.75 Å². The highest BCUT2D eigenvalue weighted by molar-refractivity contribution is 5.90. The molecule has 0 spiro atoms. The summed E-state index contributed by atoms with van der Waals surface area (Å²) in [5.74, 6) is -3.17. The minimum atomic E-state index is -1.21. The Morgan fingerprint density at radius 2 is 2.10 bits per heavy atom. The molecule has 1 aromatic rings. The van der Waals surface area contributed by atoms with Gasteiger partial charge in [-0.05, 0) is 17.7 Å². The molecule has 1 fully saturated rings. The van der Waals surface area contributed by atoms with Crippen LogP contribution in [-0.4, -0.2) is 46.6 Å². The summed E-state index contributed by atoms with van der Waals surface area (Å²) in [7, 11) is 1.45. The molecule has 21 heavy (non-hydrogen) atoms. The van der Waals surface area contributed by atoms with E-state index in [2.05, 4.69) is 0 Å². The van der Waals surface area contributed by atoms with Crippen LogP contribution in [0.25, 0.3) is 0 Å². The van der Waals surface area contributed by atoms with Gasteiger partial charge < -0.3 is 19.8 Å². The summed E-state index contributed by atoms with van der Waals surface area (Å²) in [5.41, 5.74) is 0.376. The van der Waals surface area contributed by atoms with E-state index >= 15 is 0 Å². The number of carboxylic acid groups (broad SMARTS) is 2. The number of ether oxygens (including phenoxy) is 1. The van der Waals surface area contributed by atoms with E-state index in [0.29, 0.717) is 11.3 Å². The Hall–Kier alpha value is -2.57. The largest absolute Gasteiger partial charge is 0.497 e. The lowest BCUT2D eigenvalue weighted by Crippen LogP contribution is -2.35. The maximum atomic E-state index is 11.9. The normalized spacial score (nSPS) is 19.4. The number of nitrogens with zero attached hydrogens (tertiary/aromatic N) is 1. The van der Waals surface area contributed by atoms with E-state index in [-0.39, 0.29) is 13.0 Å². The van der Waals surface area contributed by atoms with Gasteiger partial charge in [-0.25, -0.2) is 4.79 Å². The lowest BCUT2D eigenvalue weighted by molar-refractivity contribution is -0.149. The molecule has 7 nitrogen and oxygen atoms in total. The summed E-state index contributed by atoms with van der Waals surface area (Å²) in [4.78, 5) is 35.5. The van der Waals surface area contributed by atoms with E-state index in [9.17, 15) is 19.5 Å². The molecule has 2 unspecified atom stereocenters. The quantitative estimate of drug-likeness (QED) is 0.830. The number of benzene rings is 1. The molecule has 0 aromatic heterocycles. The molecule has 1 aliphatic rings. The third kappa shape index (κ3) is 2.96. The fraction of sp³-hybridized carbons (Fsp3) is 0.357. The van der Waals surface area contributed by atoms with Gasteiger partial charge in [0.25, 0.3) is 0 Å². The molecular weight excluding hydrogens is 278 g/mol. The first-order valence-electron chi connectivity index (χ1n) is 6.33. The Balaban J connectivity index is 2.33. The molecule has 112 valence electrons. The van der Waals surface area contributed by atoms with Crippen molar-refractivity contribution in [2.45, 2.75) is 12.5 Å². The summed E-state index contributed by atoms with van der Waals surface area (Å²) in [6.45, 7) is -0.109. The summed E-state index contributed by atoms with van der Waals surface area (Å²) < 4.78 is 5.04. The molecule has 1 amide bonds. The van der Waals surface area contributed by atoms with Crippen molar-refractivity contribution in [3.8, 4) is 5.75 Å². The van der Waals surface area contributed by atoms with Crippen LogP contribution in [0.2, 0.25) is 0 Å². The van der Waals surface area contributed by atoms with Crippen LogP contribution < -0.4 is 4.74 Å². The van der Waals surface area contributed by atoms with Crippen molar-refractivity contribution in [2.75, 3.05) is 13.7 Å². The Morgan fingerprint density at radius 1 is 1.38 bits per heavy atom. The van der Waals surface area contributed by atoms with Crippen molar-refractivity contribution in [1.82, 2.24) is 4.90 Å². The second-order valence-corrected chi connectivity index (χ2v) is 4.80. The van der Waals surface area contributed by atoms with E-state index in [1.165, 1.54) is 13.2 Å². The van der Waals surface area contributed by atoms with Gasteiger partial charge in [0.15, 0.2) is 6.04 Å². The number of carbonyl (C=O) groups excluding carboxylic acids is 1. The first-order chi connectivity index (χ1) is 9.93. The average molecular weight is 293 g/mol. The van der Waals surface area contributed by atoms with E-state index in [4.69, 9.17) is 9.84 Å². The topological polar surface area (TPSA) is 104 Å². The van der Waals surface area contributed by atoms with E-state index in [1.807, 2.05) is 0 Å². The SMILES string of the molecule is COc1cccc(C(C(=O)O)N2CC(C(=O)O)CC2=O)c1. The van der Waals surface area contributed by atoms with Gasteiger partial charge in [-0.3, -0.25) is 9.59 Å². The van der Waals surface area contributed by atoms with Crippen LogP contribution in [0.1, 0.15) is 18.0 Å². The van der Waals surface area contributed by atoms with Crippen molar-refractivity contribution in [3.63, 3.8) is 0 Å². The highest BCUT2D eigenvalue weighted by Crippen LogP contribution is 2.30. The number of rotatable bonds is 5. The van der Waals surface area contributed by atoms with Gasteiger partial charge in [-0.2, -0.15) is 0 Å². The zero-order valence-electron chi connectivity index (χ0n) is 11.4. The van der Waals surface area contributed by atoms with Crippen LogP contribution in [0, 0.1) is 5.92 Å². The Labute approximate surface area is 120 Å². The van der Waals surface area contributed by atoms with Gasteiger partial charge in [0, 0.05) is 13.0 Å². The van der Waals surface area contributed by atoms with Crippen LogP contribution >= 0.6 is 0 Å². The number of methoxy groups -OCH3 is 1. The van der Waals surface area contributed by atoms with Crippen molar-refractivity contribution in [1.29, 1.82) is 0 Å². The van der Waals surface area contributed by atoms with Crippen molar-refractivity contribution in [3.05, 3.63) is 29.8 Å². The molecule has 1 heterocycles. The minimum absolute atomic E-state index is 0.109. The van der Waals surface area contributed by atoms with Crippen LogP contribution in [-0.2, 0) is 14.4 Å². The van der Waals surface area contributed by atoms with Crippen LogP contribution in [0.3, 0.4) is 0 Å². The van der Waals surface area contributed by atoms with Gasteiger partial charge in [0.05, 0.1) is 13.0 Å². The predicted octanol–water partition coefficient (Wildman–Crippen LogP) is 0.754. The number of hydrogen-bond donors (Lipinski definition) is 2. The maximum absolute atomic E-state index is 11.9. The number of carboxylic acids is 2. The smallest absolute Gasteiger partial charge is 0.331 e. The number of carbonyl (C=O) groups is 3. The predicted molar refractivity (Wildman–Crippen MR) is 70.8 cm³/mol. The zero-order valence-corrected chi connectivity index (χ0v) is 11.4. The first-order valence-corrected chi connectivity index (χ1v) is 6.33. The molecule has 0 bridgehead atoms. The highest BCUT2D eigenvalue weighted by Gasteiger charge is 2.41. The molecule has 0 radical (unpaired) electrons. The van der Waals surface area contributed by atoms with Crippen LogP contribution in [0.4, 0.5) is 0 Å². The Bertz CT molecular complexity index is 585. The standard InChI is InChI=1S/C14H15NO6/c1-21-10-4-2-3-8(5-10)12(14(19)20)15-7-9(13(17)18)6-11(15)16/h2-5,9,12H,6-7H2,1H3,(H,17,18)(H,19,20). The van der Waals surface area contributed by atoms with Crippen molar-refractivity contribution in [2.24, 2.45) is 5.92 Å². The number of hydrogen-bond acceptors (Lipinski definition) is 4. The molecular formula is C14H15NO6. The van der Waals surface area contributed by atoms with Gasteiger partial charge in [-0.15, -0.1) is 0 Å². The summed E-state index contributed by atoms with van der Waals surface area (Å²) in [6, 6.07) is 5.17. The van der Waals surface area contributed by atoms with Gasteiger partial charge in [-0.1, -0.05) is 12.1 Å². The third-order valence-electron chi connectivity index (χ3n) is 3.46. The number of aliphatic carboxylic acids is 2. The molecule has 7 heteroatoms. The first kappa shape index (κ1) is 14.8. The Kier molecular flexibility index (Phi) is 4.11. The molecule has 0 aliphatic carbocycles. The average Bonchev–Trinajstić information content (AvgIpc) is 2.81. The van der Waals surface area contributed by atoms with Crippen molar-refractivity contribution < 1.29 is 29.3 Å². The van der Waals surface area contributed by atoms with Crippen LogP contribution in [0.5, 0.6) is 5.75 Å². The number of amides is 1. The van der Waals surface area contributed by atoms with E-state index in [1.54, 1.807) is 18.2 Å². The molecule has 1 aromatic carbocycles. The number of likely N-dealkylation sites (tertiary alicyclic amines) is 1. The molecule has 2 rings (SSSR count). The molecule has 2 N–H and O–H groups in total. The Morgan fingerprint density at radius 3 is 2.62 bits per heavy atom. The van der Waals surface area contributed by atoms with Crippen LogP contribution in [0.15, 0.2) is 24.3 Å². The van der Waals surface area contributed by atoms with E-state index < -0.39 is 29.8 Å². The lowest BCUT2D eigenvalue weighted by Gasteiger charge is -2.25. The molecule has 1 saturated heterocycles. The maximum Gasteiger partial charge on any atom is 0.331 e. The fourth-order valence-corrected chi connectivity index (χ4v) is 2.41. The summed E-state index contributed by atoms with van der Waals surface area (Å²) in [6.07, 6.45) is -0.177. The van der Waals surface area contributed by atoms with Gasteiger partial charge in [0.2, 0.25) is 5.91 Å². The molecule has 0 saturated carbocycles. The van der Waals surface area contributed by atoms with Gasteiger partial charge >= 0.3 is 11.9 Å². The monoisotopic (exact) mass is 293 g/mol. The van der Waals surface area contributed by atoms with Crippen molar-refractivity contribution >= 4 is 17.8 Å². The summed E-state index contributed by atoms with van der Waals surface area (Å²) in [5, 5.41) is 18.4. The zero-order chi connectivity index (χ0) is 15.6. The lowest BCUT2D eigenvalue weighted by atomic mass is 10.1. The second kappa shape index (κ2) is 5.82. The molecule has 2 atom stereocenters. The fourth-order valence-electron chi connectivity index (χ4n) is 2.41. The summed E-state index contributed by atoms with van der Waals surface area (Å²) >= 11 is 0.